The SMILES string of the molecule is C[C@H](NC(=O)CN1CCN(CC(=O)N2CCCC[C@H]2C)CC1)c1ccc2c(c1)CCCC2. The molecule has 1 aromatic carbocycles. The Morgan fingerprint density at radius 2 is 1.62 bits per heavy atom. The molecule has 0 aromatic heterocycles. The van der Waals surface area contributed by atoms with E-state index < -0.39 is 0 Å². The Balaban J connectivity index is 1.19. The van der Waals surface area contributed by atoms with Gasteiger partial charge in [-0.3, -0.25) is 19.4 Å². The van der Waals surface area contributed by atoms with Crippen molar-refractivity contribution in [1.29, 1.82) is 0 Å². The number of likely N-dealkylation sites (tertiary alicyclic amines) is 1. The molecule has 0 spiro atoms. The van der Waals surface area contributed by atoms with Crippen molar-refractivity contribution in [2.24, 2.45) is 0 Å². The van der Waals surface area contributed by atoms with E-state index in [1.54, 1.807) is 0 Å². The first-order valence-corrected chi connectivity index (χ1v) is 12.6. The monoisotopic (exact) mass is 440 g/mol. The van der Waals surface area contributed by atoms with E-state index in [1.807, 2.05) is 0 Å². The molecule has 2 amide bonds. The Morgan fingerprint density at radius 1 is 0.938 bits per heavy atom. The van der Waals surface area contributed by atoms with Crippen LogP contribution in [0.5, 0.6) is 0 Å². The van der Waals surface area contributed by atoms with Gasteiger partial charge in [-0.2, -0.15) is 0 Å². The number of benzene rings is 1. The number of amides is 2. The molecule has 2 saturated heterocycles. The van der Waals surface area contributed by atoms with Crippen molar-refractivity contribution >= 4 is 11.8 Å². The van der Waals surface area contributed by atoms with E-state index in [4.69, 9.17) is 0 Å². The van der Waals surface area contributed by atoms with Gasteiger partial charge in [-0.25, -0.2) is 0 Å². The first-order chi connectivity index (χ1) is 15.5. The molecule has 32 heavy (non-hydrogen) atoms. The Bertz CT molecular complexity index is 803. The predicted octanol–water partition coefficient (Wildman–Crippen LogP) is 2.76. The van der Waals surface area contributed by atoms with Crippen LogP contribution in [0.25, 0.3) is 0 Å². The summed E-state index contributed by atoms with van der Waals surface area (Å²) < 4.78 is 0. The van der Waals surface area contributed by atoms with Gasteiger partial charge in [-0.05, 0) is 75.5 Å². The van der Waals surface area contributed by atoms with E-state index in [1.165, 1.54) is 42.4 Å². The summed E-state index contributed by atoms with van der Waals surface area (Å²) in [6.45, 7) is 9.46. The van der Waals surface area contributed by atoms with Gasteiger partial charge < -0.3 is 10.2 Å². The zero-order chi connectivity index (χ0) is 22.5. The number of hydrogen-bond acceptors (Lipinski definition) is 4. The number of aryl methyl sites for hydroxylation is 2. The second-order valence-electron chi connectivity index (χ2n) is 10.0. The molecule has 0 bridgehead atoms. The smallest absolute Gasteiger partial charge is 0.236 e. The topological polar surface area (TPSA) is 55.9 Å². The first kappa shape index (κ1) is 23.2. The van der Waals surface area contributed by atoms with Gasteiger partial charge >= 0.3 is 0 Å². The fraction of sp³-hybridized carbons (Fsp3) is 0.692. The molecule has 0 unspecified atom stereocenters. The third-order valence-corrected chi connectivity index (χ3v) is 7.56. The van der Waals surface area contributed by atoms with E-state index >= 15 is 0 Å². The molecule has 6 heteroatoms. The molecule has 2 aliphatic heterocycles. The number of nitrogens with zero attached hydrogens (tertiary/aromatic N) is 3. The van der Waals surface area contributed by atoms with Crippen molar-refractivity contribution in [2.45, 2.75) is 70.9 Å². The lowest BCUT2D eigenvalue weighted by molar-refractivity contribution is -0.136. The van der Waals surface area contributed by atoms with Gasteiger partial charge in [0.25, 0.3) is 0 Å². The molecule has 1 aliphatic carbocycles. The third-order valence-electron chi connectivity index (χ3n) is 7.56. The molecule has 4 rings (SSSR count). The second kappa shape index (κ2) is 10.8. The fourth-order valence-electron chi connectivity index (χ4n) is 5.45. The summed E-state index contributed by atoms with van der Waals surface area (Å²) in [5, 5.41) is 3.19. The van der Waals surface area contributed by atoms with E-state index in [0.717, 1.165) is 52.0 Å². The number of carbonyl (C=O) groups is 2. The van der Waals surface area contributed by atoms with Crippen molar-refractivity contribution < 1.29 is 9.59 Å². The predicted molar refractivity (Wildman–Crippen MR) is 128 cm³/mol. The van der Waals surface area contributed by atoms with Crippen LogP contribution in [0.1, 0.15) is 68.7 Å². The minimum atomic E-state index is 0.0279. The molecule has 3 aliphatic rings. The lowest BCUT2D eigenvalue weighted by Crippen LogP contribution is -2.53. The van der Waals surface area contributed by atoms with E-state index in [9.17, 15) is 9.59 Å². The van der Waals surface area contributed by atoms with Gasteiger partial charge in [0.15, 0.2) is 0 Å². The third kappa shape index (κ3) is 5.90. The van der Waals surface area contributed by atoms with Crippen LogP contribution in [-0.2, 0) is 22.4 Å². The van der Waals surface area contributed by atoms with Crippen molar-refractivity contribution in [3.8, 4) is 0 Å². The molecule has 1 N–H and O–H groups in total. The van der Waals surface area contributed by atoms with Crippen LogP contribution >= 0.6 is 0 Å². The number of piperidine rings is 1. The number of piperazine rings is 1. The molecule has 0 radical (unpaired) electrons. The van der Waals surface area contributed by atoms with Gasteiger partial charge in [0.05, 0.1) is 19.1 Å². The molecular formula is C26H40N4O2. The highest BCUT2D eigenvalue weighted by molar-refractivity contribution is 5.79. The standard InChI is InChI=1S/C26H40N4O2/c1-20-7-5-6-12-30(20)26(32)19-29-15-13-28(14-16-29)18-25(31)27-21(2)23-11-10-22-8-3-4-9-24(22)17-23/h10-11,17,20-21H,3-9,12-16,18-19H2,1-2H3,(H,27,31)/t20-,21+/m1/s1. The Labute approximate surface area is 193 Å². The lowest BCUT2D eigenvalue weighted by Gasteiger charge is -2.38. The first-order valence-electron chi connectivity index (χ1n) is 12.6. The maximum absolute atomic E-state index is 12.7. The molecular weight excluding hydrogens is 400 g/mol. The fourth-order valence-corrected chi connectivity index (χ4v) is 5.45. The van der Waals surface area contributed by atoms with Crippen LogP contribution in [0.15, 0.2) is 18.2 Å². The van der Waals surface area contributed by atoms with Crippen molar-refractivity contribution in [1.82, 2.24) is 20.0 Å². The highest BCUT2D eigenvalue weighted by Gasteiger charge is 2.27. The van der Waals surface area contributed by atoms with Crippen LogP contribution in [-0.4, -0.2) is 78.4 Å². The molecule has 6 nitrogen and oxygen atoms in total. The van der Waals surface area contributed by atoms with E-state index in [0.29, 0.717) is 19.1 Å². The number of rotatable bonds is 6. The van der Waals surface area contributed by atoms with Gasteiger partial charge in [0, 0.05) is 38.8 Å². The molecule has 2 atom stereocenters. The Kier molecular flexibility index (Phi) is 7.84. The summed E-state index contributed by atoms with van der Waals surface area (Å²) in [6.07, 6.45) is 8.39. The van der Waals surface area contributed by atoms with Gasteiger partial charge in [0.1, 0.15) is 0 Å². The van der Waals surface area contributed by atoms with E-state index in [2.05, 4.69) is 52.1 Å². The largest absolute Gasteiger partial charge is 0.348 e. The summed E-state index contributed by atoms with van der Waals surface area (Å²) in [7, 11) is 0. The number of hydrogen-bond donors (Lipinski definition) is 1. The van der Waals surface area contributed by atoms with Crippen LogP contribution < -0.4 is 5.32 Å². The molecule has 1 aromatic rings. The Morgan fingerprint density at radius 3 is 2.34 bits per heavy atom. The zero-order valence-corrected chi connectivity index (χ0v) is 19.9. The highest BCUT2D eigenvalue weighted by atomic mass is 16.2. The average molecular weight is 441 g/mol. The Hall–Kier alpha value is -1.92. The normalized spacial score (nSPS) is 23.4. The number of fused-ring (bicyclic) bond motifs is 1. The summed E-state index contributed by atoms with van der Waals surface area (Å²) in [5.41, 5.74) is 4.14. The lowest BCUT2D eigenvalue weighted by atomic mass is 9.89. The van der Waals surface area contributed by atoms with Crippen LogP contribution in [0, 0.1) is 0 Å². The van der Waals surface area contributed by atoms with Gasteiger partial charge in [-0.1, -0.05) is 18.2 Å². The molecule has 176 valence electrons. The summed E-state index contributed by atoms with van der Waals surface area (Å²) in [4.78, 5) is 31.9. The maximum Gasteiger partial charge on any atom is 0.236 e. The van der Waals surface area contributed by atoms with Crippen LogP contribution in [0.4, 0.5) is 0 Å². The minimum absolute atomic E-state index is 0.0279. The number of carbonyl (C=O) groups excluding carboxylic acids is 2. The molecule has 2 fully saturated rings. The van der Waals surface area contributed by atoms with Crippen LogP contribution in [0.3, 0.4) is 0 Å². The quantitative estimate of drug-likeness (QED) is 0.739. The number of nitrogens with one attached hydrogen (secondary N) is 1. The summed E-state index contributed by atoms with van der Waals surface area (Å²) >= 11 is 0. The van der Waals surface area contributed by atoms with E-state index in [-0.39, 0.29) is 17.9 Å². The highest BCUT2D eigenvalue weighted by Crippen LogP contribution is 2.24. The maximum atomic E-state index is 12.7. The van der Waals surface area contributed by atoms with Gasteiger partial charge in [0.2, 0.25) is 11.8 Å². The minimum Gasteiger partial charge on any atom is -0.348 e. The average Bonchev–Trinajstić information content (AvgIpc) is 2.80. The molecule has 2 heterocycles. The summed E-state index contributed by atoms with van der Waals surface area (Å²) in [5.74, 6) is 0.351. The molecule has 0 saturated carbocycles. The van der Waals surface area contributed by atoms with Gasteiger partial charge in [-0.15, -0.1) is 0 Å². The summed E-state index contributed by atoms with van der Waals surface area (Å²) in [6, 6.07) is 7.11. The van der Waals surface area contributed by atoms with Crippen molar-refractivity contribution in [2.75, 3.05) is 45.8 Å². The second-order valence-corrected chi connectivity index (χ2v) is 10.0. The van der Waals surface area contributed by atoms with Crippen LogP contribution in [0.2, 0.25) is 0 Å². The van der Waals surface area contributed by atoms with Crippen molar-refractivity contribution in [3.63, 3.8) is 0 Å². The van der Waals surface area contributed by atoms with Crippen molar-refractivity contribution in [3.05, 3.63) is 34.9 Å². The zero-order valence-electron chi connectivity index (χ0n) is 19.9.